The lowest BCUT2D eigenvalue weighted by Gasteiger charge is -2.09. The van der Waals surface area contributed by atoms with E-state index in [0.29, 0.717) is 6.54 Å². The van der Waals surface area contributed by atoms with Gasteiger partial charge in [0.15, 0.2) is 0 Å². The van der Waals surface area contributed by atoms with Crippen LogP contribution in [0.3, 0.4) is 0 Å². The molecule has 5 heteroatoms. The molecule has 0 spiro atoms. The molecule has 0 radical (unpaired) electrons. The summed E-state index contributed by atoms with van der Waals surface area (Å²) in [6.45, 7) is 2.53. The van der Waals surface area contributed by atoms with E-state index in [1.807, 2.05) is 31.2 Å². The number of aryl methyl sites for hydroxylation is 1. The Labute approximate surface area is 117 Å². The zero-order valence-corrected chi connectivity index (χ0v) is 11.7. The zero-order chi connectivity index (χ0) is 13.7. The summed E-state index contributed by atoms with van der Waals surface area (Å²) in [5.74, 6) is 2.33. The minimum atomic E-state index is 0.677. The number of rotatable bonds is 5. The average Bonchev–Trinajstić information content (AvgIpc) is 2.46. The van der Waals surface area contributed by atoms with Gasteiger partial charge >= 0.3 is 0 Å². The Bertz CT molecular complexity index is 569. The second kappa shape index (κ2) is 6.24. The van der Waals surface area contributed by atoms with Gasteiger partial charge < -0.3 is 10.1 Å². The van der Waals surface area contributed by atoms with E-state index in [4.69, 9.17) is 17.0 Å². The Kier molecular flexibility index (Phi) is 4.41. The molecule has 0 saturated carbocycles. The minimum Gasteiger partial charge on any atom is -0.497 e. The first-order chi connectivity index (χ1) is 9.22. The Morgan fingerprint density at radius 3 is 2.68 bits per heavy atom. The fraction of sp³-hybridized carbons (Fsp3) is 0.214. The van der Waals surface area contributed by atoms with Gasteiger partial charge in [0.05, 0.1) is 7.11 Å². The number of ether oxygens (including phenoxy) is 1. The maximum absolute atomic E-state index is 5.12. The van der Waals surface area contributed by atoms with Crippen LogP contribution < -0.4 is 10.1 Å². The fourth-order valence-electron chi connectivity index (χ4n) is 1.64. The van der Waals surface area contributed by atoms with Gasteiger partial charge in [-0.25, -0.2) is 9.97 Å². The van der Waals surface area contributed by atoms with Crippen molar-refractivity contribution in [2.45, 2.75) is 13.5 Å². The lowest BCUT2D eigenvalue weighted by molar-refractivity contribution is 0.414. The van der Waals surface area contributed by atoms with Crippen molar-refractivity contribution >= 4 is 23.4 Å². The van der Waals surface area contributed by atoms with Gasteiger partial charge in [0.25, 0.3) is 0 Å². The number of benzene rings is 1. The van der Waals surface area contributed by atoms with Crippen LogP contribution in [0.15, 0.2) is 30.5 Å². The number of nitrogens with zero attached hydrogens (tertiary/aromatic N) is 2. The molecule has 1 aromatic heterocycles. The maximum atomic E-state index is 5.12. The molecule has 0 aliphatic rings. The molecule has 0 unspecified atom stereocenters. The van der Waals surface area contributed by atoms with Gasteiger partial charge in [0.1, 0.15) is 17.4 Å². The highest BCUT2D eigenvalue weighted by molar-refractivity contribution is 7.79. The van der Waals surface area contributed by atoms with Crippen LogP contribution in [-0.2, 0) is 6.54 Å². The van der Waals surface area contributed by atoms with E-state index in [0.717, 1.165) is 28.5 Å². The van der Waals surface area contributed by atoms with Crippen LogP contribution in [0.25, 0.3) is 0 Å². The Morgan fingerprint density at radius 2 is 2.05 bits per heavy atom. The molecular formula is C14H15N3OS. The average molecular weight is 273 g/mol. The van der Waals surface area contributed by atoms with Crippen LogP contribution in [0.2, 0.25) is 0 Å². The minimum absolute atomic E-state index is 0.677. The van der Waals surface area contributed by atoms with Crippen molar-refractivity contribution < 1.29 is 4.74 Å². The summed E-state index contributed by atoms with van der Waals surface area (Å²) >= 11 is 4.95. The van der Waals surface area contributed by atoms with Crippen molar-refractivity contribution in [3.63, 3.8) is 0 Å². The number of nitrogens with one attached hydrogen (secondary N) is 1. The first-order valence-corrected chi connectivity index (χ1v) is 6.35. The molecule has 0 aliphatic heterocycles. The lowest BCUT2D eigenvalue weighted by atomic mass is 10.2. The third kappa shape index (κ3) is 3.48. The second-order valence-corrected chi connectivity index (χ2v) is 4.28. The van der Waals surface area contributed by atoms with Gasteiger partial charge in [0.2, 0.25) is 0 Å². The molecule has 0 fully saturated rings. The van der Waals surface area contributed by atoms with Crippen LogP contribution in [-0.4, -0.2) is 22.4 Å². The number of hydrogen-bond acceptors (Lipinski definition) is 5. The number of hydrogen-bond donors (Lipinski definition) is 1. The van der Waals surface area contributed by atoms with Crippen molar-refractivity contribution in [2.75, 3.05) is 12.4 Å². The summed E-state index contributed by atoms with van der Waals surface area (Å²) in [6.07, 6.45) is 1.73. The van der Waals surface area contributed by atoms with Gasteiger partial charge in [-0.1, -0.05) is 24.4 Å². The summed E-state index contributed by atoms with van der Waals surface area (Å²) in [6, 6.07) is 7.89. The van der Waals surface area contributed by atoms with Crippen LogP contribution in [0.5, 0.6) is 5.75 Å². The number of anilines is 1. The Hall–Kier alpha value is -2.01. The van der Waals surface area contributed by atoms with Crippen molar-refractivity contribution in [1.29, 1.82) is 0 Å². The largest absolute Gasteiger partial charge is 0.497 e. The molecule has 19 heavy (non-hydrogen) atoms. The van der Waals surface area contributed by atoms with Crippen molar-refractivity contribution in [3.05, 3.63) is 47.4 Å². The monoisotopic (exact) mass is 273 g/mol. The van der Waals surface area contributed by atoms with Crippen LogP contribution >= 0.6 is 12.2 Å². The normalized spacial score (nSPS) is 10.0. The summed E-state index contributed by atoms with van der Waals surface area (Å²) in [5.41, 5.74) is 1.97. The summed E-state index contributed by atoms with van der Waals surface area (Å²) < 4.78 is 5.12. The molecule has 4 nitrogen and oxygen atoms in total. The molecule has 2 aromatic rings. The molecule has 0 amide bonds. The van der Waals surface area contributed by atoms with Crippen LogP contribution in [0.1, 0.15) is 17.0 Å². The van der Waals surface area contributed by atoms with Crippen molar-refractivity contribution in [3.8, 4) is 5.75 Å². The smallest absolute Gasteiger partial charge is 0.138 e. The second-order valence-electron chi connectivity index (χ2n) is 4.04. The van der Waals surface area contributed by atoms with Crippen LogP contribution in [0.4, 0.5) is 5.82 Å². The molecule has 0 bridgehead atoms. The third-order valence-corrected chi connectivity index (χ3v) is 2.94. The Morgan fingerprint density at radius 1 is 1.32 bits per heavy atom. The molecule has 1 heterocycles. The predicted octanol–water partition coefficient (Wildman–Crippen LogP) is 2.75. The van der Waals surface area contributed by atoms with E-state index in [-0.39, 0.29) is 0 Å². The van der Waals surface area contributed by atoms with Crippen molar-refractivity contribution in [2.24, 2.45) is 0 Å². The summed E-state index contributed by atoms with van der Waals surface area (Å²) in [5, 5.41) is 4.85. The molecular weight excluding hydrogens is 258 g/mol. The fourth-order valence-corrected chi connectivity index (χ4v) is 1.81. The van der Waals surface area contributed by atoms with E-state index in [1.54, 1.807) is 18.7 Å². The summed E-state index contributed by atoms with van der Waals surface area (Å²) in [4.78, 5) is 8.47. The van der Waals surface area contributed by atoms with Gasteiger partial charge in [-0.3, -0.25) is 0 Å². The standard InChI is InChI=1S/C14H15N3OS/c1-10-15-8-12(9-19)14(17-10)16-7-11-3-5-13(18-2)6-4-11/h3-6,8-9H,7H2,1-2H3,(H,15,16,17). The highest BCUT2D eigenvalue weighted by atomic mass is 32.1. The van der Waals surface area contributed by atoms with Gasteiger partial charge in [-0.05, 0) is 24.6 Å². The van der Waals surface area contributed by atoms with E-state index < -0.39 is 0 Å². The molecule has 98 valence electrons. The van der Waals surface area contributed by atoms with Crippen LogP contribution in [0, 0.1) is 6.92 Å². The first kappa shape index (κ1) is 13.4. The molecule has 0 saturated heterocycles. The SMILES string of the molecule is COc1ccc(CNc2nc(C)ncc2C=S)cc1. The molecule has 0 atom stereocenters. The molecule has 1 N–H and O–H groups in total. The molecule has 0 aliphatic carbocycles. The highest BCUT2D eigenvalue weighted by Gasteiger charge is 2.03. The lowest BCUT2D eigenvalue weighted by Crippen LogP contribution is -2.06. The zero-order valence-electron chi connectivity index (χ0n) is 10.9. The molecule has 2 rings (SSSR count). The number of aromatic nitrogens is 2. The van der Waals surface area contributed by atoms with E-state index in [1.165, 1.54) is 0 Å². The van der Waals surface area contributed by atoms with Crippen molar-refractivity contribution in [1.82, 2.24) is 9.97 Å². The number of methoxy groups -OCH3 is 1. The highest BCUT2D eigenvalue weighted by Crippen LogP contribution is 2.14. The van der Waals surface area contributed by atoms with Gasteiger partial charge in [-0.15, -0.1) is 0 Å². The third-order valence-electron chi connectivity index (χ3n) is 2.68. The Balaban J connectivity index is 2.09. The van der Waals surface area contributed by atoms with Gasteiger partial charge in [-0.2, -0.15) is 0 Å². The molecule has 1 aromatic carbocycles. The van der Waals surface area contributed by atoms with E-state index in [2.05, 4.69) is 15.3 Å². The van der Waals surface area contributed by atoms with Gasteiger partial charge in [0, 0.05) is 23.7 Å². The quantitative estimate of drug-likeness (QED) is 0.849. The summed E-state index contributed by atoms with van der Waals surface area (Å²) in [7, 11) is 1.66. The van der Waals surface area contributed by atoms with E-state index in [9.17, 15) is 0 Å². The topological polar surface area (TPSA) is 47.0 Å². The first-order valence-electron chi connectivity index (χ1n) is 5.88. The number of thiocarbonyl (C=S) groups is 1. The van der Waals surface area contributed by atoms with E-state index >= 15 is 0 Å². The maximum Gasteiger partial charge on any atom is 0.138 e. The predicted molar refractivity (Wildman–Crippen MR) is 79.8 cm³/mol.